The van der Waals surface area contributed by atoms with Gasteiger partial charge in [-0.15, -0.1) is 0 Å². The number of ether oxygens (including phenoxy) is 3. The summed E-state index contributed by atoms with van der Waals surface area (Å²) in [5.74, 6) is 1.56. The van der Waals surface area contributed by atoms with Crippen LogP contribution in [-0.2, 0) is 4.74 Å². The number of nitrogens with two attached hydrogens (primary N) is 1. The molecule has 210 valence electrons. The van der Waals surface area contributed by atoms with Gasteiger partial charge in [-0.05, 0) is 0 Å². The maximum atomic E-state index is 12.2. The minimum absolute atomic E-state index is 0.301. The van der Waals surface area contributed by atoms with Crippen LogP contribution >= 0.6 is 0 Å². The Morgan fingerprint density at radius 3 is 2.44 bits per heavy atom. The standard InChI is InChI=1S/C31H31AsN4O5/c1-17(18-4-5-18)32-28-23-9-6-20(15-25(23)34-35-29(28)30(33)37)24-14-19(7-11-26(24)39-2)22-10-8-21(16-27(22)40-3)36-12-13-41-31(36)38/h6-11,14-18,32H,4-5,12-13H2,1-3H3,(H2,33,37)/t17-/m1/s1. The third-order valence-electron chi connectivity index (χ3n) is 7.78. The Hall–Kier alpha value is -4.10. The fraction of sp³-hybridized carbons (Fsp3) is 0.290. The van der Waals surface area contributed by atoms with E-state index in [1.807, 2.05) is 48.5 Å². The van der Waals surface area contributed by atoms with Gasteiger partial charge in [-0.2, -0.15) is 0 Å². The summed E-state index contributed by atoms with van der Waals surface area (Å²) in [4.78, 5) is 25.9. The molecule has 41 heavy (non-hydrogen) atoms. The Labute approximate surface area is 244 Å². The minimum atomic E-state index is -0.636. The number of methoxy groups -OCH3 is 2. The zero-order valence-electron chi connectivity index (χ0n) is 23.1. The molecule has 2 N–H and O–H groups in total. The average molecular weight is 615 g/mol. The molecule has 10 heteroatoms. The maximum absolute atomic E-state index is 12.2. The summed E-state index contributed by atoms with van der Waals surface area (Å²) in [6.07, 6.45) is 2.15. The quantitative estimate of drug-likeness (QED) is 0.279. The topological polar surface area (TPSA) is 117 Å². The molecule has 1 aliphatic heterocycles. The molecule has 2 amide bonds. The van der Waals surface area contributed by atoms with Crippen molar-refractivity contribution in [1.29, 1.82) is 0 Å². The first kappa shape index (κ1) is 27.1. The Morgan fingerprint density at radius 1 is 1.00 bits per heavy atom. The molecular weight excluding hydrogens is 583 g/mol. The monoisotopic (exact) mass is 614 g/mol. The number of cyclic esters (lactones) is 1. The second-order valence-electron chi connectivity index (χ2n) is 10.4. The van der Waals surface area contributed by atoms with Gasteiger partial charge in [-0.25, -0.2) is 4.79 Å². The van der Waals surface area contributed by atoms with E-state index < -0.39 is 21.7 Å². The molecule has 9 nitrogen and oxygen atoms in total. The van der Waals surface area contributed by atoms with E-state index in [0.29, 0.717) is 35.1 Å². The predicted octanol–water partition coefficient (Wildman–Crippen LogP) is 4.32. The first-order valence-corrected chi connectivity index (χ1v) is 15.8. The van der Waals surface area contributed by atoms with Gasteiger partial charge < -0.3 is 4.74 Å². The molecule has 1 unspecified atom stereocenters. The van der Waals surface area contributed by atoms with Crippen molar-refractivity contribution in [2.45, 2.75) is 24.5 Å². The molecule has 4 aromatic rings. The van der Waals surface area contributed by atoms with Crippen molar-refractivity contribution >= 4 is 48.7 Å². The van der Waals surface area contributed by atoms with Gasteiger partial charge in [0.25, 0.3) is 0 Å². The van der Waals surface area contributed by atoms with Crippen LogP contribution in [-0.4, -0.2) is 65.3 Å². The molecule has 1 aromatic heterocycles. The van der Waals surface area contributed by atoms with E-state index >= 15 is 0 Å². The summed E-state index contributed by atoms with van der Waals surface area (Å²) in [6, 6.07) is 17.7. The van der Waals surface area contributed by atoms with Crippen molar-refractivity contribution in [3.63, 3.8) is 0 Å². The number of fused-ring (bicyclic) bond motifs is 1. The van der Waals surface area contributed by atoms with Gasteiger partial charge in [-0.1, -0.05) is 0 Å². The Bertz CT molecular complexity index is 1670. The molecule has 0 radical (unpaired) electrons. The molecular formula is C31H31AsN4O5. The van der Waals surface area contributed by atoms with Crippen LogP contribution in [0.3, 0.4) is 0 Å². The number of carbonyl (C=O) groups is 2. The van der Waals surface area contributed by atoms with Gasteiger partial charge in [0.05, 0.1) is 6.54 Å². The van der Waals surface area contributed by atoms with E-state index in [2.05, 4.69) is 23.2 Å². The second-order valence-corrected chi connectivity index (χ2v) is 13.9. The van der Waals surface area contributed by atoms with Crippen LogP contribution in [0.1, 0.15) is 30.3 Å². The Kier molecular flexibility index (Phi) is 7.30. The van der Waals surface area contributed by atoms with Gasteiger partial charge >= 0.3 is 218 Å². The average Bonchev–Trinajstić information content (AvgIpc) is 3.76. The first-order valence-electron chi connectivity index (χ1n) is 13.6. The van der Waals surface area contributed by atoms with Crippen LogP contribution in [0.25, 0.3) is 33.2 Å². The van der Waals surface area contributed by atoms with Crippen LogP contribution < -0.4 is 24.5 Å². The van der Waals surface area contributed by atoms with E-state index in [4.69, 9.17) is 19.9 Å². The molecule has 2 atom stereocenters. The summed E-state index contributed by atoms with van der Waals surface area (Å²) in [7, 11) is 3.26. The van der Waals surface area contributed by atoms with Crippen LogP contribution in [0.5, 0.6) is 11.5 Å². The molecule has 2 aliphatic rings. The number of carbonyl (C=O) groups excluding carboxylic acids is 2. The van der Waals surface area contributed by atoms with Crippen molar-refractivity contribution in [1.82, 2.24) is 10.2 Å². The number of anilines is 1. The number of nitrogens with zero attached hydrogens (tertiary/aromatic N) is 3. The molecule has 6 rings (SSSR count). The number of hydrogen-bond donors (Lipinski definition) is 1. The van der Waals surface area contributed by atoms with Gasteiger partial charge in [0.15, 0.2) is 0 Å². The summed E-state index contributed by atoms with van der Waals surface area (Å²) < 4.78 is 18.1. The van der Waals surface area contributed by atoms with E-state index in [-0.39, 0.29) is 6.09 Å². The molecule has 2 fully saturated rings. The number of benzene rings is 3. The van der Waals surface area contributed by atoms with Gasteiger partial charge in [0.1, 0.15) is 6.61 Å². The molecule has 2 heterocycles. The van der Waals surface area contributed by atoms with E-state index in [1.165, 1.54) is 12.8 Å². The van der Waals surface area contributed by atoms with Gasteiger partial charge in [0.2, 0.25) is 0 Å². The van der Waals surface area contributed by atoms with Crippen LogP contribution in [0.4, 0.5) is 10.5 Å². The number of primary amides is 1. The van der Waals surface area contributed by atoms with Crippen molar-refractivity contribution < 1.29 is 23.8 Å². The van der Waals surface area contributed by atoms with Crippen molar-refractivity contribution in [3.8, 4) is 33.8 Å². The number of aromatic nitrogens is 2. The summed E-state index contributed by atoms with van der Waals surface area (Å²) in [6.45, 7) is 3.15. The van der Waals surface area contributed by atoms with E-state index in [1.54, 1.807) is 19.1 Å². The molecule has 0 bridgehead atoms. The second kappa shape index (κ2) is 11.1. The van der Waals surface area contributed by atoms with E-state index in [9.17, 15) is 9.59 Å². The van der Waals surface area contributed by atoms with Crippen LogP contribution in [0.15, 0.2) is 54.6 Å². The normalized spacial score (nSPS) is 15.9. The van der Waals surface area contributed by atoms with Gasteiger partial charge in [0, 0.05) is 0 Å². The number of hydrogen-bond acceptors (Lipinski definition) is 7. The van der Waals surface area contributed by atoms with Gasteiger partial charge in [-0.3, -0.25) is 4.90 Å². The van der Waals surface area contributed by atoms with Crippen molar-refractivity contribution in [2.24, 2.45) is 11.7 Å². The summed E-state index contributed by atoms with van der Waals surface area (Å²) in [5.41, 5.74) is 11.0. The molecule has 1 saturated carbocycles. The molecule has 0 spiro atoms. The van der Waals surface area contributed by atoms with Crippen LogP contribution in [0.2, 0.25) is 4.71 Å². The van der Waals surface area contributed by atoms with Crippen molar-refractivity contribution in [3.05, 3.63) is 60.3 Å². The Morgan fingerprint density at radius 2 is 1.76 bits per heavy atom. The Balaban J connectivity index is 1.41. The number of amides is 2. The zero-order valence-corrected chi connectivity index (χ0v) is 25.2. The first-order chi connectivity index (χ1) is 19.9. The molecule has 1 saturated heterocycles. The molecule has 3 aromatic carbocycles. The fourth-order valence-corrected chi connectivity index (χ4v) is 8.92. The van der Waals surface area contributed by atoms with E-state index in [0.717, 1.165) is 49.1 Å². The van der Waals surface area contributed by atoms with Crippen molar-refractivity contribution in [2.75, 3.05) is 32.3 Å². The van der Waals surface area contributed by atoms with Crippen LogP contribution in [0, 0.1) is 5.92 Å². The summed E-state index contributed by atoms with van der Waals surface area (Å²) in [5, 5.41) is 9.62. The number of rotatable bonds is 9. The zero-order chi connectivity index (χ0) is 28.7. The third-order valence-corrected chi connectivity index (χ3v) is 11.4. The summed E-state index contributed by atoms with van der Waals surface area (Å²) >= 11 is -0.636. The SMILES string of the molecule is COc1cc(N2CCOC2=O)ccc1-c1ccc(OC)c(-c2ccc3c([AsH][C@H](C)C4CC4)c(C(N)=O)nnc3c2)c1. The fourth-order valence-electron chi connectivity index (χ4n) is 5.35. The predicted molar refractivity (Wildman–Crippen MR) is 160 cm³/mol. The third kappa shape index (κ3) is 5.22. The molecule has 1 aliphatic carbocycles.